The molecule has 0 bridgehead atoms. The average Bonchev–Trinajstić information content (AvgIpc) is 2.40. The van der Waals surface area contributed by atoms with Gasteiger partial charge in [0.25, 0.3) is 0 Å². The molecule has 1 atom stereocenters. The highest BCUT2D eigenvalue weighted by Crippen LogP contribution is 2.30. The van der Waals surface area contributed by atoms with Crippen molar-refractivity contribution < 1.29 is 4.74 Å². The molecule has 1 aromatic heterocycles. The van der Waals surface area contributed by atoms with E-state index < -0.39 is 0 Å². The number of nitrogens with two attached hydrogens (primary N) is 1. The second-order valence-corrected chi connectivity index (χ2v) is 5.23. The Bertz CT molecular complexity index is 611. The van der Waals surface area contributed by atoms with Crippen molar-refractivity contribution >= 4 is 11.6 Å². The Labute approximate surface area is 124 Å². The monoisotopic (exact) mass is 290 g/mol. The van der Waals surface area contributed by atoms with Crippen LogP contribution in [0.1, 0.15) is 36.8 Å². The quantitative estimate of drug-likeness (QED) is 0.907. The Morgan fingerprint density at radius 1 is 1.30 bits per heavy atom. The molecule has 1 heterocycles. The van der Waals surface area contributed by atoms with Gasteiger partial charge in [0.2, 0.25) is 0 Å². The molecule has 0 amide bonds. The van der Waals surface area contributed by atoms with Crippen LogP contribution in [0.4, 0.5) is 0 Å². The third kappa shape index (κ3) is 3.30. The molecule has 0 radical (unpaired) electrons. The number of hydrogen-bond acceptors (Lipinski definition) is 3. The molecule has 0 fully saturated rings. The first kappa shape index (κ1) is 14.8. The number of benzene rings is 1. The summed E-state index contributed by atoms with van der Waals surface area (Å²) < 4.78 is 5.88. The lowest BCUT2D eigenvalue weighted by atomic mass is 10.1. The van der Waals surface area contributed by atoms with Crippen molar-refractivity contribution in [1.82, 2.24) is 4.98 Å². The zero-order chi connectivity index (χ0) is 14.7. The van der Waals surface area contributed by atoms with Crippen LogP contribution in [0.5, 0.6) is 11.5 Å². The van der Waals surface area contributed by atoms with E-state index in [0.717, 1.165) is 29.1 Å². The number of halogens is 1. The second-order valence-electron chi connectivity index (χ2n) is 4.83. The van der Waals surface area contributed by atoms with Crippen molar-refractivity contribution in [2.75, 3.05) is 0 Å². The number of aromatic nitrogens is 1. The molecule has 0 aliphatic carbocycles. The van der Waals surface area contributed by atoms with Crippen LogP contribution in [0, 0.1) is 6.92 Å². The molecule has 1 aromatic carbocycles. The fourth-order valence-corrected chi connectivity index (χ4v) is 2.35. The van der Waals surface area contributed by atoms with E-state index in [-0.39, 0.29) is 6.04 Å². The van der Waals surface area contributed by atoms with E-state index in [1.54, 1.807) is 6.07 Å². The summed E-state index contributed by atoms with van der Waals surface area (Å²) in [6, 6.07) is 9.35. The van der Waals surface area contributed by atoms with E-state index >= 15 is 0 Å². The Morgan fingerprint density at radius 2 is 2.05 bits per heavy atom. The van der Waals surface area contributed by atoms with Crippen molar-refractivity contribution in [3.63, 3.8) is 0 Å². The maximum Gasteiger partial charge on any atom is 0.148 e. The van der Waals surface area contributed by atoms with Gasteiger partial charge in [-0.1, -0.05) is 24.6 Å². The summed E-state index contributed by atoms with van der Waals surface area (Å²) in [4.78, 5) is 4.48. The van der Waals surface area contributed by atoms with Gasteiger partial charge < -0.3 is 10.5 Å². The highest BCUT2D eigenvalue weighted by molar-refractivity contribution is 6.31. The van der Waals surface area contributed by atoms with E-state index in [4.69, 9.17) is 22.1 Å². The number of nitrogens with zero attached hydrogens (tertiary/aromatic N) is 1. The summed E-state index contributed by atoms with van der Waals surface area (Å²) >= 11 is 6.21. The Kier molecular flexibility index (Phi) is 4.63. The minimum absolute atomic E-state index is 0.0937. The molecular weight excluding hydrogens is 272 g/mol. The van der Waals surface area contributed by atoms with E-state index in [1.807, 2.05) is 38.1 Å². The molecule has 2 aromatic rings. The zero-order valence-corrected chi connectivity index (χ0v) is 12.7. The SMILES string of the molecule is CCc1nc(C)ccc1Oc1ccc(C(C)N)c(Cl)c1. The van der Waals surface area contributed by atoms with Crippen molar-refractivity contribution in [2.45, 2.75) is 33.2 Å². The molecule has 0 spiro atoms. The van der Waals surface area contributed by atoms with Gasteiger partial charge in [0.05, 0.1) is 5.69 Å². The summed E-state index contributed by atoms with van der Waals surface area (Å²) in [7, 11) is 0. The van der Waals surface area contributed by atoms with Crippen LogP contribution in [-0.2, 0) is 6.42 Å². The average molecular weight is 291 g/mol. The van der Waals surface area contributed by atoms with Gasteiger partial charge in [-0.15, -0.1) is 0 Å². The minimum Gasteiger partial charge on any atom is -0.455 e. The summed E-state index contributed by atoms with van der Waals surface area (Å²) in [6.07, 6.45) is 0.822. The number of ether oxygens (including phenoxy) is 1. The summed E-state index contributed by atoms with van der Waals surface area (Å²) in [5.74, 6) is 1.46. The van der Waals surface area contributed by atoms with Gasteiger partial charge in [-0.05, 0) is 50.1 Å². The van der Waals surface area contributed by atoms with Crippen LogP contribution in [-0.4, -0.2) is 4.98 Å². The third-order valence-corrected chi connectivity index (χ3v) is 3.42. The Morgan fingerprint density at radius 3 is 2.65 bits per heavy atom. The summed E-state index contributed by atoms with van der Waals surface area (Å²) in [6.45, 7) is 5.93. The number of pyridine rings is 1. The Hall–Kier alpha value is -1.58. The van der Waals surface area contributed by atoms with Crippen LogP contribution in [0.3, 0.4) is 0 Å². The van der Waals surface area contributed by atoms with E-state index in [1.165, 1.54) is 0 Å². The predicted octanol–water partition coefficient (Wildman–Crippen LogP) is 4.42. The first-order valence-electron chi connectivity index (χ1n) is 6.70. The van der Waals surface area contributed by atoms with Crippen molar-refractivity contribution in [3.8, 4) is 11.5 Å². The molecule has 2 rings (SSSR count). The van der Waals surface area contributed by atoms with E-state index in [0.29, 0.717) is 10.8 Å². The number of rotatable bonds is 4. The Balaban J connectivity index is 2.28. The van der Waals surface area contributed by atoms with Gasteiger partial charge in [0.15, 0.2) is 0 Å². The highest BCUT2D eigenvalue weighted by atomic mass is 35.5. The highest BCUT2D eigenvalue weighted by Gasteiger charge is 2.09. The number of hydrogen-bond donors (Lipinski definition) is 1. The van der Waals surface area contributed by atoms with Crippen molar-refractivity contribution in [1.29, 1.82) is 0 Å². The van der Waals surface area contributed by atoms with Crippen molar-refractivity contribution in [2.24, 2.45) is 5.73 Å². The minimum atomic E-state index is -0.0937. The van der Waals surface area contributed by atoms with Gasteiger partial charge in [0.1, 0.15) is 11.5 Å². The van der Waals surface area contributed by atoms with Crippen LogP contribution >= 0.6 is 11.6 Å². The summed E-state index contributed by atoms with van der Waals surface area (Å²) in [5, 5.41) is 0.621. The zero-order valence-electron chi connectivity index (χ0n) is 12.0. The largest absolute Gasteiger partial charge is 0.455 e. The molecule has 3 nitrogen and oxygen atoms in total. The van der Waals surface area contributed by atoms with Gasteiger partial charge >= 0.3 is 0 Å². The maximum atomic E-state index is 6.21. The molecule has 0 saturated heterocycles. The lowest BCUT2D eigenvalue weighted by Crippen LogP contribution is -2.05. The standard InChI is InChI=1S/C16H19ClN2O/c1-4-15-16(8-5-10(2)19-15)20-12-6-7-13(11(3)18)14(17)9-12/h5-9,11H,4,18H2,1-3H3. The summed E-state index contributed by atoms with van der Waals surface area (Å²) in [5.41, 5.74) is 8.69. The topological polar surface area (TPSA) is 48.1 Å². The van der Waals surface area contributed by atoms with Crippen molar-refractivity contribution in [3.05, 3.63) is 52.3 Å². The first-order chi connectivity index (χ1) is 9.51. The fourth-order valence-electron chi connectivity index (χ4n) is 2.01. The molecular formula is C16H19ClN2O. The van der Waals surface area contributed by atoms with Crippen LogP contribution < -0.4 is 10.5 Å². The molecule has 20 heavy (non-hydrogen) atoms. The number of aryl methyl sites for hydroxylation is 2. The van der Waals surface area contributed by atoms with Gasteiger partial charge in [-0.25, -0.2) is 0 Å². The van der Waals surface area contributed by atoms with Gasteiger partial charge in [-0.2, -0.15) is 0 Å². The molecule has 0 aliphatic rings. The van der Waals surface area contributed by atoms with Gasteiger partial charge in [-0.3, -0.25) is 4.98 Å². The third-order valence-electron chi connectivity index (χ3n) is 3.10. The second kappa shape index (κ2) is 6.25. The van der Waals surface area contributed by atoms with E-state index in [2.05, 4.69) is 11.9 Å². The maximum absolute atomic E-state index is 6.21. The lowest BCUT2D eigenvalue weighted by molar-refractivity contribution is 0.472. The molecule has 4 heteroatoms. The van der Waals surface area contributed by atoms with Crippen LogP contribution in [0.15, 0.2) is 30.3 Å². The fraction of sp³-hybridized carbons (Fsp3) is 0.312. The molecule has 0 aliphatic heterocycles. The molecule has 1 unspecified atom stereocenters. The molecule has 2 N–H and O–H groups in total. The van der Waals surface area contributed by atoms with Gasteiger partial charge in [0, 0.05) is 16.8 Å². The molecule has 106 valence electrons. The predicted molar refractivity (Wildman–Crippen MR) is 82.5 cm³/mol. The smallest absolute Gasteiger partial charge is 0.148 e. The first-order valence-corrected chi connectivity index (χ1v) is 7.08. The lowest BCUT2D eigenvalue weighted by Gasteiger charge is -2.13. The molecule has 0 saturated carbocycles. The van der Waals surface area contributed by atoms with Crippen LogP contribution in [0.2, 0.25) is 5.02 Å². The van der Waals surface area contributed by atoms with E-state index in [9.17, 15) is 0 Å². The van der Waals surface area contributed by atoms with Crippen LogP contribution in [0.25, 0.3) is 0 Å². The normalized spacial score (nSPS) is 12.2.